The lowest BCUT2D eigenvalue weighted by atomic mass is 10.1. The fourth-order valence-corrected chi connectivity index (χ4v) is 2.74. The molecule has 0 spiro atoms. The van der Waals surface area contributed by atoms with Crippen molar-refractivity contribution < 1.29 is 14.3 Å². The van der Waals surface area contributed by atoms with Gasteiger partial charge >= 0.3 is 6.09 Å². The first-order chi connectivity index (χ1) is 10.6. The topological polar surface area (TPSA) is 46.6 Å². The minimum absolute atomic E-state index is 0.110. The standard InChI is InChI=1S/C17H14ClNO3/c18-14-8-4-5-12(9-14)10-16(20)19-15(11-22-17(19)21)13-6-2-1-3-7-13/h1-9,15H,10-11H2. The third kappa shape index (κ3) is 2.97. The van der Waals surface area contributed by atoms with Crippen LogP contribution < -0.4 is 0 Å². The van der Waals surface area contributed by atoms with E-state index in [1.165, 1.54) is 4.90 Å². The van der Waals surface area contributed by atoms with E-state index < -0.39 is 6.09 Å². The maximum Gasteiger partial charge on any atom is 0.417 e. The van der Waals surface area contributed by atoms with Crippen LogP contribution in [0, 0.1) is 0 Å². The van der Waals surface area contributed by atoms with Gasteiger partial charge in [0.25, 0.3) is 0 Å². The van der Waals surface area contributed by atoms with Crippen molar-refractivity contribution in [1.82, 2.24) is 4.90 Å². The Morgan fingerprint density at radius 1 is 1.18 bits per heavy atom. The van der Waals surface area contributed by atoms with Gasteiger partial charge in [-0.15, -0.1) is 0 Å². The number of halogens is 1. The highest BCUT2D eigenvalue weighted by Crippen LogP contribution is 2.28. The van der Waals surface area contributed by atoms with Gasteiger partial charge in [0.2, 0.25) is 5.91 Å². The van der Waals surface area contributed by atoms with Gasteiger partial charge in [0.05, 0.1) is 6.42 Å². The van der Waals surface area contributed by atoms with Crippen molar-refractivity contribution in [3.63, 3.8) is 0 Å². The Morgan fingerprint density at radius 2 is 1.95 bits per heavy atom. The van der Waals surface area contributed by atoms with Crippen molar-refractivity contribution in [2.75, 3.05) is 6.61 Å². The summed E-state index contributed by atoms with van der Waals surface area (Å²) in [5.41, 5.74) is 1.65. The Labute approximate surface area is 133 Å². The van der Waals surface area contributed by atoms with E-state index in [-0.39, 0.29) is 25.0 Å². The number of benzene rings is 2. The summed E-state index contributed by atoms with van der Waals surface area (Å²) < 4.78 is 5.06. The van der Waals surface area contributed by atoms with Crippen LogP contribution in [0.5, 0.6) is 0 Å². The van der Waals surface area contributed by atoms with Crippen LogP contribution in [-0.4, -0.2) is 23.5 Å². The number of carbonyl (C=O) groups excluding carboxylic acids is 2. The summed E-state index contributed by atoms with van der Waals surface area (Å²) in [6.07, 6.45) is -0.486. The van der Waals surface area contributed by atoms with Gasteiger partial charge in [0.1, 0.15) is 12.6 Å². The van der Waals surface area contributed by atoms with Gasteiger partial charge in [-0.25, -0.2) is 9.69 Å². The number of carbonyl (C=O) groups is 2. The van der Waals surface area contributed by atoms with Crippen LogP contribution in [-0.2, 0) is 16.0 Å². The molecular weight excluding hydrogens is 302 g/mol. The molecule has 2 aromatic carbocycles. The molecule has 3 rings (SSSR count). The van der Waals surface area contributed by atoms with Gasteiger partial charge < -0.3 is 4.74 Å². The SMILES string of the molecule is O=C(Cc1cccc(Cl)c1)N1C(=O)OCC1c1ccccc1. The van der Waals surface area contributed by atoms with Gasteiger partial charge in [0.15, 0.2) is 0 Å². The summed E-state index contributed by atoms with van der Waals surface area (Å²) in [6.45, 7) is 0.185. The molecule has 22 heavy (non-hydrogen) atoms. The van der Waals surface area contributed by atoms with Gasteiger partial charge in [-0.2, -0.15) is 0 Å². The molecule has 0 aliphatic carbocycles. The van der Waals surface area contributed by atoms with Crippen LogP contribution >= 0.6 is 11.6 Å². The first-order valence-electron chi connectivity index (χ1n) is 6.93. The zero-order chi connectivity index (χ0) is 15.5. The summed E-state index contributed by atoms with van der Waals surface area (Å²) in [6, 6.07) is 16.1. The molecule has 0 radical (unpaired) electrons. The third-order valence-corrected chi connectivity index (χ3v) is 3.81. The predicted octanol–water partition coefficient (Wildman–Crippen LogP) is 3.60. The molecule has 4 nitrogen and oxygen atoms in total. The van der Waals surface area contributed by atoms with Gasteiger partial charge in [-0.05, 0) is 23.3 Å². The minimum Gasteiger partial charge on any atom is -0.446 e. The minimum atomic E-state index is -0.596. The highest BCUT2D eigenvalue weighted by molar-refractivity contribution is 6.30. The monoisotopic (exact) mass is 315 g/mol. The fourth-order valence-electron chi connectivity index (χ4n) is 2.52. The lowest BCUT2D eigenvalue weighted by molar-refractivity contribution is -0.128. The average molecular weight is 316 g/mol. The predicted molar refractivity (Wildman–Crippen MR) is 82.5 cm³/mol. The molecule has 5 heteroatoms. The summed E-state index contributed by atoms with van der Waals surface area (Å²) in [7, 11) is 0. The molecule has 1 saturated heterocycles. The van der Waals surface area contributed by atoms with Crippen molar-refractivity contribution in [2.45, 2.75) is 12.5 Å². The molecule has 1 atom stereocenters. The molecule has 1 aliphatic heterocycles. The lowest BCUT2D eigenvalue weighted by Gasteiger charge is -2.20. The van der Waals surface area contributed by atoms with Crippen molar-refractivity contribution in [3.8, 4) is 0 Å². The second-order valence-corrected chi connectivity index (χ2v) is 5.51. The molecule has 1 unspecified atom stereocenters. The van der Waals surface area contributed by atoms with Crippen molar-refractivity contribution >= 4 is 23.6 Å². The van der Waals surface area contributed by atoms with Crippen LogP contribution in [0.25, 0.3) is 0 Å². The van der Waals surface area contributed by atoms with Crippen LogP contribution in [0.4, 0.5) is 4.79 Å². The highest BCUT2D eigenvalue weighted by Gasteiger charge is 2.38. The number of amides is 2. The molecule has 2 aromatic rings. The average Bonchev–Trinajstić information content (AvgIpc) is 2.90. The van der Waals surface area contributed by atoms with E-state index in [2.05, 4.69) is 0 Å². The number of ether oxygens (including phenoxy) is 1. The Bertz CT molecular complexity index is 702. The van der Waals surface area contributed by atoms with E-state index >= 15 is 0 Å². The van der Waals surface area contributed by atoms with Crippen LogP contribution in [0.15, 0.2) is 54.6 Å². The largest absolute Gasteiger partial charge is 0.446 e. The number of cyclic esters (lactones) is 1. The second-order valence-electron chi connectivity index (χ2n) is 5.07. The zero-order valence-corrected chi connectivity index (χ0v) is 12.5. The molecule has 112 valence electrons. The van der Waals surface area contributed by atoms with Crippen molar-refractivity contribution in [1.29, 1.82) is 0 Å². The molecule has 1 aliphatic rings. The Morgan fingerprint density at radius 3 is 2.68 bits per heavy atom. The summed E-state index contributed by atoms with van der Waals surface area (Å²) >= 11 is 5.92. The summed E-state index contributed by atoms with van der Waals surface area (Å²) in [4.78, 5) is 25.6. The molecule has 0 bridgehead atoms. The van der Waals surface area contributed by atoms with E-state index in [9.17, 15) is 9.59 Å². The molecule has 0 N–H and O–H groups in total. The fraction of sp³-hybridized carbons (Fsp3) is 0.176. The quantitative estimate of drug-likeness (QED) is 0.869. The normalized spacial score (nSPS) is 17.4. The van der Waals surface area contributed by atoms with Gasteiger partial charge in [-0.3, -0.25) is 4.79 Å². The number of hydrogen-bond donors (Lipinski definition) is 0. The first kappa shape index (κ1) is 14.6. The molecule has 2 amide bonds. The molecule has 1 heterocycles. The van der Waals surface area contributed by atoms with Gasteiger partial charge in [-0.1, -0.05) is 54.1 Å². The highest BCUT2D eigenvalue weighted by atomic mass is 35.5. The third-order valence-electron chi connectivity index (χ3n) is 3.57. The number of nitrogens with zero attached hydrogens (tertiary/aromatic N) is 1. The number of rotatable bonds is 3. The van der Waals surface area contributed by atoms with Gasteiger partial charge in [0, 0.05) is 5.02 Å². The molecule has 0 saturated carbocycles. The molecule has 1 fully saturated rings. The van der Waals surface area contributed by atoms with E-state index in [0.717, 1.165) is 11.1 Å². The Kier molecular flexibility index (Phi) is 4.11. The maximum absolute atomic E-state index is 12.5. The van der Waals surface area contributed by atoms with Crippen LogP contribution in [0.2, 0.25) is 5.02 Å². The Hall–Kier alpha value is -2.33. The van der Waals surface area contributed by atoms with Crippen molar-refractivity contribution in [3.05, 3.63) is 70.7 Å². The summed E-state index contributed by atoms with van der Waals surface area (Å²) in [5, 5.41) is 0.564. The first-order valence-corrected chi connectivity index (χ1v) is 7.31. The lowest BCUT2D eigenvalue weighted by Crippen LogP contribution is -2.35. The molecular formula is C17H14ClNO3. The number of hydrogen-bond acceptors (Lipinski definition) is 3. The number of imide groups is 1. The smallest absolute Gasteiger partial charge is 0.417 e. The Balaban J connectivity index is 1.81. The second kappa shape index (κ2) is 6.20. The van der Waals surface area contributed by atoms with Crippen molar-refractivity contribution in [2.24, 2.45) is 0 Å². The maximum atomic E-state index is 12.5. The molecule has 0 aromatic heterocycles. The zero-order valence-electron chi connectivity index (χ0n) is 11.7. The van der Waals surface area contributed by atoms with Crippen LogP contribution in [0.1, 0.15) is 17.2 Å². The van der Waals surface area contributed by atoms with Crippen LogP contribution in [0.3, 0.4) is 0 Å². The van der Waals surface area contributed by atoms with E-state index in [0.29, 0.717) is 5.02 Å². The summed E-state index contributed by atoms with van der Waals surface area (Å²) in [5.74, 6) is -0.293. The van der Waals surface area contributed by atoms with E-state index in [4.69, 9.17) is 16.3 Å². The van der Waals surface area contributed by atoms with E-state index in [1.807, 2.05) is 36.4 Å². The van der Waals surface area contributed by atoms with E-state index in [1.54, 1.807) is 18.2 Å².